The van der Waals surface area contributed by atoms with E-state index in [0.717, 1.165) is 29.0 Å². The summed E-state index contributed by atoms with van der Waals surface area (Å²) in [7, 11) is 1.82. The fourth-order valence-corrected chi connectivity index (χ4v) is 3.34. The van der Waals surface area contributed by atoms with E-state index < -0.39 is 5.97 Å². The third-order valence-corrected chi connectivity index (χ3v) is 4.91. The summed E-state index contributed by atoms with van der Waals surface area (Å²) < 4.78 is 7.65. The Morgan fingerprint density at radius 3 is 2.65 bits per heavy atom. The Labute approximate surface area is 137 Å². The van der Waals surface area contributed by atoms with Crippen LogP contribution in [-0.4, -0.2) is 22.2 Å². The van der Waals surface area contributed by atoms with Gasteiger partial charge in [-0.1, -0.05) is 26.3 Å². The van der Waals surface area contributed by atoms with Gasteiger partial charge in [0.2, 0.25) is 0 Å². The zero-order valence-corrected chi connectivity index (χ0v) is 14.1. The van der Waals surface area contributed by atoms with Crippen LogP contribution in [0.5, 0.6) is 0 Å². The van der Waals surface area contributed by atoms with Crippen molar-refractivity contribution in [2.45, 2.75) is 45.6 Å². The third-order valence-electron chi connectivity index (χ3n) is 4.91. The van der Waals surface area contributed by atoms with Crippen LogP contribution in [-0.2, 0) is 18.4 Å². The van der Waals surface area contributed by atoms with Crippen LogP contribution in [0.3, 0.4) is 0 Å². The molecule has 23 heavy (non-hydrogen) atoms. The summed E-state index contributed by atoms with van der Waals surface area (Å²) in [5.74, 6) is 0.180. The largest absolute Gasteiger partial charge is 0.477 e. The van der Waals surface area contributed by atoms with E-state index in [1.165, 1.54) is 24.8 Å². The number of aromatic carboxylic acids is 1. The minimum atomic E-state index is -0.888. The minimum absolute atomic E-state index is 0.328. The molecule has 1 saturated carbocycles. The normalized spacial score (nSPS) is 15.3. The molecule has 0 spiro atoms. The molecule has 0 aliphatic heterocycles. The van der Waals surface area contributed by atoms with E-state index >= 15 is 0 Å². The number of hydrogen-bond donors (Lipinski definition) is 1. The van der Waals surface area contributed by atoms with Gasteiger partial charge in [0, 0.05) is 19.0 Å². The molecule has 0 unspecified atom stereocenters. The second kappa shape index (κ2) is 6.36. The lowest BCUT2D eigenvalue weighted by atomic mass is 9.86. The van der Waals surface area contributed by atoms with E-state index in [4.69, 9.17) is 4.74 Å². The lowest BCUT2D eigenvalue weighted by molar-refractivity contribution is 0.0596. The van der Waals surface area contributed by atoms with Crippen LogP contribution < -0.4 is 0 Å². The number of carboxylic acids is 1. The maximum atomic E-state index is 11.4. The summed E-state index contributed by atoms with van der Waals surface area (Å²) in [6, 6.07) is 5.99. The number of carbonyl (C=O) groups is 1. The molecule has 1 aliphatic rings. The van der Waals surface area contributed by atoms with Gasteiger partial charge in [0.15, 0.2) is 0 Å². The highest BCUT2D eigenvalue weighted by Gasteiger charge is 2.19. The number of ether oxygens (including phenoxy) is 1. The fraction of sp³-hybridized carbons (Fsp3) is 0.526. The highest BCUT2D eigenvalue weighted by atomic mass is 16.5. The predicted molar refractivity (Wildman–Crippen MR) is 91.0 cm³/mol. The summed E-state index contributed by atoms with van der Waals surface area (Å²) >= 11 is 0. The molecule has 0 atom stereocenters. The van der Waals surface area contributed by atoms with Crippen LogP contribution in [0, 0.1) is 5.92 Å². The lowest BCUT2D eigenvalue weighted by Gasteiger charge is -2.25. The first kappa shape index (κ1) is 16.1. The van der Waals surface area contributed by atoms with Gasteiger partial charge in [-0.15, -0.1) is 0 Å². The van der Waals surface area contributed by atoms with Crippen LogP contribution >= 0.6 is 0 Å². The maximum Gasteiger partial charge on any atom is 0.352 e. The van der Waals surface area contributed by atoms with E-state index in [1.54, 1.807) is 10.6 Å². The van der Waals surface area contributed by atoms with Crippen molar-refractivity contribution in [2.24, 2.45) is 13.0 Å². The smallest absolute Gasteiger partial charge is 0.352 e. The van der Waals surface area contributed by atoms with Gasteiger partial charge in [-0.25, -0.2) is 4.79 Å². The molecule has 0 amide bonds. The monoisotopic (exact) mass is 315 g/mol. The number of benzene rings is 1. The SMILES string of the molecule is CC(C)c1cc(COCC2CCC2)cc2cc(C(=O)O)n(C)c12. The molecule has 1 heterocycles. The van der Waals surface area contributed by atoms with Crippen LogP contribution in [0.25, 0.3) is 10.9 Å². The molecular weight excluding hydrogens is 290 g/mol. The van der Waals surface area contributed by atoms with Gasteiger partial charge in [-0.3, -0.25) is 0 Å². The van der Waals surface area contributed by atoms with Gasteiger partial charge in [0.05, 0.1) is 12.1 Å². The molecule has 1 N–H and O–H groups in total. The Morgan fingerprint density at radius 1 is 1.35 bits per heavy atom. The van der Waals surface area contributed by atoms with E-state index in [1.807, 2.05) is 7.05 Å². The Balaban J connectivity index is 1.91. The fourth-order valence-electron chi connectivity index (χ4n) is 3.34. The number of nitrogens with zero attached hydrogens (tertiary/aromatic N) is 1. The first-order valence-electron chi connectivity index (χ1n) is 8.40. The van der Waals surface area contributed by atoms with Crippen molar-refractivity contribution in [3.05, 3.63) is 35.0 Å². The van der Waals surface area contributed by atoms with Crippen molar-refractivity contribution in [3.63, 3.8) is 0 Å². The van der Waals surface area contributed by atoms with Crippen LogP contribution in [0.1, 0.15) is 60.6 Å². The highest BCUT2D eigenvalue weighted by molar-refractivity contribution is 5.96. The molecule has 1 aromatic heterocycles. The second-order valence-electron chi connectivity index (χ2n) is 6.98. The zero-order chi connectivity index (χ0) is 16.6. The van der Waals surface area contributed by atoms with Crippen molar-refractivity contribution < 1.29 is 14.6 Å². The Bertz CT molecular complexity index is 726. The number of aryl methyl sites for hydroxylation is 1. The molecule has 1 fully saturated rings. The topological polar surface area (TPSA) is 51.5 Å². The van der Waals surface area contributed by atoms with Gasteiger partial charge in [-0.05, 0) is 47.9 Å². The van der Waals surface area contributed by atoms with Crippen molar-refractivity contribution in [1.29, 1.82) is 0 Å². The summed E-state index contributed by atoms with van der Waals surface area (Å²) in [6.45, 7) is 5.72. The molecule has 0 saturated heterocycles. The summed E-state index contributed by atoms with van der Waals surface area (Å²) in [6.07, 6.45) is 3.91. The quantitative estimate of drug-likeness (QED) is 0.864. The van der Waals surface area contributed by atoms with E-state index in [-0.39, 0.29) is 0 Å². The average molecular weight is 315 g/mol. The first-order valence-corrected chi connectivity index (χ1v) is 8.40. The van der Waals surface area contributed by atoms with Gasteiger partial charge in [0.25, 0.3) is 0 Å². The minimum Gasteiger partial charge on any atom is -0.477 e. The number of aromatic nitrogens is 1. The first-order chi connectivity index (χ1) is 11.0. The van der Waals surface area contributed by atoms with E-state index in [9.17, 15) is 9.90 Å². The Morgan fingerprint density at radius 2 is 2.09 bits per heavy atom. The zero-order valence-electron chi connectivity index (χ0n) is 14.1. The van der Waals surface area contributed by atoms with E-state index in [2.05, 4.69) is 26.0 Å². The summed E-state index contributed by atoms with van der Waals surface area (Å²) in [4.78, 5) is 11.4. The highest BCUT2D eigenvalue weighted by Crippen LogP contribution is 2.31. The van der Waals surface area contributed by atoms with Gasteiger partial charge in [0.1, 0.15) is 5.69 Å². The molecular formula is C19H25NO3. The van der Waals surface area contributed by atoms with Crippen LogP contribution in [0.15, 0.2) is 18.2 Å². The standard InChI is InChI=1S/C19H25NO3/c1-12(2)16-8-14(11-23-10-13-5-4-6-13)7-15-9-17(19(21)22)20(3)18(15)16/h7-9,12-13H,4-6,10-11H2,1-3H3,(H,21,22). The second-order valence-corrected chi connectivity index (χ2v) is 6.98. The Kier molecular flexibility index (Phi) is 4.44. The molecule has 3 rings (SSSR count). The molecule has 4 heteroatoms. The number of carboxylic acid groups (broad SMARTS) is 1. The maximum absolute atomic E-state index is 11.4. The molecule has 1 aliphatic carbocycles. The molecule has 124 valence electrons. The number of hydrogen-bond acceptors (Lipinski definition) is 2. The van der Waals surface area contributed by atoms with Gasteiger partial charge < -0.3 is 14.4 Å². The molecule has 1 aromatic carbocycles. The van der Waals surface area contributed by atoms with Gasteiger partial charge in [-0.2, -0.15) is 0 Å². The van der Waals surface area contributed by atoms with Crippen molar-refractivity contribution in [1.82, 2.24) is 4.57 Å². The van der Waals surface area contributed by atoms with Crippen LogP contribution in [0.4, 0.5) is 0 Å². The van der Waals surface area contributed by atoms with Crippen molar-refractivity contribution in [3.8, 4) is 0 Å². The van der Waals surface area contributed by atoms with Crippen LogP contribution in [0.2, 0.25) is 0 Å². The summed E-state index contributed by atoms with van der Waals surface area (Å²) in [5, 5.41) is 10.3. The van der Waals surface area contributed by atoms with Crippen molar-refractivity contribution in [2.75, 3.05) is 6.61 Å². The average Bonchev–Trinajstić information content (AvgIpc) is 2.78. The predicted octanol–water partition coefficient (Wildman–Crippen LogP) is 4.32. The third kappa shape index (κ3) is 3.13. The molecule has 0 radical (unpaired) electrons. The summed E-state index contributed by atoms with van der Waals surface area (Å²) in [5.41, 5.74) is 3.65. The number of fused-ring (bicyclic) bond motifs is 1. The molecule has 0 bridgehead atoms. The van der Waals surface area contributed by atoms with Crippen molar-refractivity contribution >= 4 is 16.9 Å². The van der Waals surface area contributed by atoms with E-state index in [0.29, 0.717) is 18.2 Å². The number of rotatable bonds is 6. The Hall–Kier alpha value is -1.81. The van der Waals surface area contributed by atoms with Gasteiger partial charge >= 0.3 is 5.97 Å². The molecule has 2 aromatic rings. The molecule has 4 nitrogen and oxygen atoms in total. The lowest BCUT2D eigenvalue weighted by Crippen LogP contribution is -2.17.